The number of nitrogens with one attached hydrogen (secondary N) is 2. The zero-order valence-corrected chi connectivity index (χ0v) is 14.4. The van der Waals surface area contributed by atoms with Crippen LogP contribution >= 0.6 is 0 Å². The lowest BCUT2D eigenvalue weighted by Crippen LogP contribution is -2.24. The van der Waals surface area contributed by atoms with Crippen LogP contribution in [-0.4, -0.2) is 27.9 Å². The minimum absolute atomic E-state index is 0.252. The summed E-state index contributed by atoms with van der Waals surface area (Å²) in [5, 5.41) is 14.0. The number of hydrogen-bond donors (Lipinski definition) is 2. The normalized spacial score (nSPS) is 11.9. The average molecular weight is 363 g/mol. The number of fused-ring (bicyclic) bond motifs is 1. The fourth-order valence-corrected chi connectivity index (χ4v) is 2.56. The molecule has 0 fully saturated rings. The SMILES string of the molecule is O=C(NCc1ccncc1)c1ccc(NCc2ccc3c(c2)OCO3)nn1. The molecule has 0 aliphatic carbocycles. The average Bonchev–Trinajstić information content (AvgIpc) is 3.19. The van der Waals surface area contributed by atoms with Crippen molar-refractivity contribution in [2.75, 3.05) is 12.1 Å². The van der Waals surface area contributed by atoms with E-state index in [0.717, 1.165) is 22.6 Å². The first kappa shape index (κ1) is 16.8. The van der Waals surface area contributed by atoms with Crippen molar-refractivity contribution in [3.8, 4) is 11.5 Å². The Morgan fingerprint density at radius 2 is 1.78 bits per heavy atom. The van der Waals surface area contributed by atoms with Crippen LogP contribution in [0.25, 0.3) is 0 Å². The largest absolute Gasteiger partial charge is 0.454 e. The Balaban J connectivity index is 1.31. The summed E-state index contributed by atoms with van der Waals surface area (Å²) in [4.78, 5) is 16.1. The van der Waals surface area contributed by atoms with Crippen molar-refractivity contribution in [3.63, 3.8) is 0 Å². The van der Waals surface area contributed by atoms with Crippen molar-refractivity contribution in [1.29, 1.82) is 0 Å². The molecule has 0 radical (unpaired) electrons. The van der Waals surface area contributed by atoms with Crippen molar-refractivity contribution >= 4 is 11.7 Å². The van der Waals surface area contributed by atoms with E-state index >= 15 is 0 Å². The second kappa shape index (κ2) is 7.69. The van der Waals surface area contributed by atoms with Gasteiger partial charge in [-0.2, -0.15) is 0 Å². The molecule has 4 rings (SSSR count). The summed E-state index contributed by atoms with van der Waals surface area (Å²) in [5.74, 6) is 1.79. The minimum Gasteiger partial charge on any atom is -0.454 e. The van der Waals surface area contributed by atoms with Crippen LogP contribution in [0, 0.1) is 0 Å². The van der Waals surface area contributed by atoms with E-state index in [1.807, 2.05) is 30.3 Å². The van der Waals surface area contributed by atoms with Crippen LogP contribution in [0.3, 0.4) is 0 Å². The number of carbonyl (C=O) groups is 1. The maximum absolute atomic E-state index is 12.1. The molecule has 8 nitrogen and oxygen atoms in total. The van der Waals surface area contributed by atoms with Gasteiger partial charge in [0.05, 0.1) is 0 Å². The lowest BCUT2D eigenvalue weighted by atomic mass is 10.2. The molecule has 0 unspecified atom stereocenters. The molecule has 0 saturated carbocycles. The first-order valence-corrected chi connectivity index (χ1v) is 8.41. The first-order chi connectivity index (χ1) is 13.3. The molecule has 2 N–H and O–H groups in total. The van der Waals surface area contributed by atoms with Crippen LogP contribution in [0.4, 0.5) is 5.82 Å². The summed E-state index contributed by atoms with van der Waals surface area (Å²) in [6, 6.07) is 12.8. The van der Waals surface area contributed by atoms with Crippen LogP contribution in [0.2, 0.25) is 0 Å². The zero-order valence-electron chi connectivity index (χ0n) is 14.4. The zero-order chi connectivity index (χ0) is 18.5. The van der Waals surface area contributed by atoms with Gasteiger partial charge in [-0.1, -0.05) is 6.07 Å². The highest BCUT2D eigenvalue weighted by molar-refractivity contribution is 5.92. The molecule has 8 heteroatoms. The van der Waals surface area contributed by atoms with Gasteiger partial charge in [-0.05, 0) is 47.5 Å². The third-order valence-electron chi connectivity index (χ3n) is 4.01. The van der Waals surface area contributed by atoms with Gasteiger partial charge in [-0.15, -0.1) is 10.2 Å². The van der Waals surface area contributed by atoms with E-state index in [2.05, 4.69) is 25.8 Å². The van der Waals surface area contributed by atoms with Crippen LogP contribution in [0.1, 0.15) is 21.6 Å². The van der Waals surface area contributed by atoms with Gasteiger partial charge in [-0.3, -0.25) is 9.78 Å². The molecular weight excluding hydrogens is 346 g/mol. The number of benzene rings is 1. The molecule has 3 aromatic rings. The number of aromatic nitrogens is 3. The third-order valence-corrected chi connectivity index (χ3v) is 4.01. The van der Waals surface area contributed by atoms with Crippen molar-refractivity contribution in [2.24, 2.45) is 0 Å². The van der Waals surface area contributed by atoms with Gasteiger partial charge in [0.25, 0.3) is 5.91 Å². The number of rotatable bonds is 6. The number of anilines is 1. The summed E-state index contributed by atoms with van der Waals surface area (Å²) >= 11 is 0. The summed E-state index contributed by atoms with van der Waals surface area (Å²) in [7, 11) is 0. The molecule has 1 amide bonds. The second-order valence-electron chi connectivity index (χ2n) is 5.88. The van der Waals surface area contributed by atoms with Gasteiger partial charge in [0.2, 0.25) is 6.79 Å². The molecule has 0 bridgehead atoms. The van der Waals surface area contributed by atoms with Gasteiger partial charge in [0.1, 0.15) is 5.82 Å². The quantitative estimate of drug-likeness (QED) is 0.692. The summed E-state index contributed by atoms with van der Waals surface area (Å²) in [6.07, 6.45) is 3.36. The van der Waals surface area contributed by atoms with Crippen LogP contribution < -0.4 is 20.1 Å². The monoisotopic (exact) mass is 363 g/mol. The van der Waals surface area contributed by atoms with E-state index in [4.69, 9.17) is 9.47 Å². The Bertz CT molecular complexity index is 932. The minimum atomic E-state index is -0.276. The highest BCUT2D eigenvalue weighted by atomic mass is 16.7. The Morgan fingerprint density at radius 3 is 2.59 bits per heavy atom. The van der Waals surface area contributed by atoms with Gasteiger partial charge < -0.3 is 20.1 Å². The van der Waals surface area contributed by atoms with Gasteiger partial charge >= 0.3 is 0 Å². The number of hydrogen-bond acceptors (Lipinski definition) is 7. The molecule has 1 aromatic carbocycles. The smallest absolute Gasteiger partial charge is 0.272 e. The Labute approximate surface area is 155 Å². The molecule has 0 atom stereocenters. The summed E-state index contributed by atoms with van der Waals surface area (Å²) in [6.45, 7) is 1.22. The maximum atomic E-state index is 12.1. The van der Waals surface area contributed by atoms with Crippen molar-refractivity contribution in [2.45, 2.75) is 13.1 Å². The predicted octanol–water partition coefficient (Wildman–Crippen LogP) is 2.14. The summed E-state index contributed by atoms with van der Waals surface area (Å²) in [5.41, 5.74) is 2.26. The van der Waals surface area contributed by atoms with Crippen LogP contribution in [0.15, 0.2) is 54.9 Å². The standard InChI is InChI=1S/C19H17N5O3/c25-19(22-10-13-5-7-20-8-6-13)15-2-4-18(24-23-15)21-11-14-1-3-16-17(9-14)27-12-26-16/h1-9H,10-12H2,(H,21,24)(H,22,25). The molecule has 2 aromatic heterocycles. The van der Waals surface area contributed by atoms with Gasteiger partial charge in [-0.25, -0.2) is 0 Å². The van der Waals surface area contributed by atoms with E-state index in [9.17, 15) is 4.79 Å². The number of amides is 1. The summed E-state index contributed by atoms with van der Waals surface area (Å²) < 4.78 is 10.7. The molecule has 3 heterocycles. The lowest BCUT2D eigenvalue weighted by molar-refractivity contribution is 0.0945. The fraction of sp³-hybridized carbons (Fsp3) is 0.158. The van der Waals surface area contributed by atoms with E-state index < -0.39 is 0 Å². The van der Waals surface area contributed by atoms with Crippen molar-refractivity contribution in [3.05, 3.63) is 71.7 Å². The second-order valence-corrected chi connectivity index (χ2v) is 5.88. The number of ether oxygens (including phenoxy) is 2. The van der Waals surface area contributed by atoms with Crippen molar-refractivity contribution < 1.29 is 14.3 Å². The van der Waals surface area contributed by atoms with Crippen LogP contribution in [0.5, 0.6) is 11.5 Å². The van der Waals surface area contributed by atoms with Gasteiger partial charge in [0.15, 0.2) is 17.2 Å². The van der Waals surface area contributed by atoms with Crippen LogP contribution in [-0.2, 0) is 13.1 Å². The van der Waals surface area contributed by atoms with Crippen molar-refractivity contribution in [1.82, 2.24) is 20.5 Å². The highest BCUT2D eigenvalue weighted by Gasteiger charge is 2.13. The molecule has 136 valence electrons. The number of carbonyl (C=O) groups excluding carboxylic acids is 1. The molecule has 1 aliphatic rings. The molecule has 0 spiro atoms. The van der Waals surface area contributed by atoms with E-state index in [-0.39, 0.29) is 18.4 Å². The topological polar surface area (TPSA) is 98.3 Å². The highest BCUT2D eigenvalue weighted by Crippen LogP contribution is 2.32. The number of nitrogens with zero attached hydrogens (tertiary/aromatic N) is 3. The van der Waals surface area contributed by atoms with E-state index in [1.54, 1.807) is 24.5 Å². The van der Waals surface area contributed by atoms with E-state index in [1.165, 1.54) is 0 Å². The molecule has 27 heavy (non-hydrogen) atoms. The first-order valence-electron chi connectivity index (χ1n) is 8.41. The predicted molar refractivity (Wildman–Crippen MR) is 97.3 cm³/mol. The molecular formula is C19H17N5O3. The molecule has 0 saturated heterocycles. The fourth-order valence-electron chi connectivity index (χ4n) is 2.56. The van der Waals surface area contributed by atoms with Gasteiger partial charge in [0, 0.05) is 25.5 Å². The Hall–Kier alpha value is -3.68. The maximum Gasteiger partial charge on any atom is 0.272 e. The molecule has 1 aliphatic heterocycles. The number of pyridine rings is 1. The third kappa shape index (κ3) is 4.12. The van der Waals surface area contributed by atoms with E-state index in [0.29, 0.717) is 18.9 Å². The lowest BCUT2D eigenvalue weighted by Gasteiger charge is -2.07. The Kier molecular flexibility index (Phi) is 4.78. The Morgan fingerprint density at radius 1 is 0.926 bits per heavy atom.